The molecule has 0 radical (unpaired) electrons. The summed E-state index contributed by atoms with van der Waals surface area (Å²) in [6.07, 6.45) is -6.58. The molecule has 2 aromatic carbocycles. The highest BCUT2D eigenvalue weighted by Crippen LogP contribution is 2.29. The average molecular weight is 700 g/mol. The number of hydrogen-bond acceptors (Lipinski definition) is 7. The molecule has 0 bridgehead atoms. The van der Waals surface area contributed by atoms with E-state index in [0.717, 1.165) is 0 Å². The first-order valence-corrected chi connectivity index (χ1v) is 14.3. The van der Waals surface area contributed by atoms with Gasteiger partial charge in [-0.25, -0.2) is 0 Å². The van der Waals surface area contributed by atoms with Crippen molar-refractivity contribution in [2.24, 2.45) is 5.92 Å². The number of benzene rings is 2. The smallest absolute Gasteiger partial charge is 0.390 e. The maximum absolute atomic E-state index is 14.8. The Morgan fingerprint density at radius 1 is 0.870 bits per heavy atom. The molecule has 0 aromatic heterocycles. The van der Waals surface area contributed by atoms with Crippen molar-refractivity contribution in [3.63, 3.8) is 0 Å². The molecule has 254 valence electrons. The van der Waals surface area contributed by atoms with Crippen molar-refractivity contribution in [3.8, 4) is 17.2 Å². The van der Waals surface area contributed by atoms with Crippen LogP contribution >= 0.6 is 23.2 Å². The van der Waals surface area contributed by atoms with Crippen molar-refractivity contribution < 1.29 is 55.3 Å². The highest BCUT2D eigenvalue weighted by Gasteiger charge is 2.51. The Balaban J connectivity index is 2.29. The fourth-order valence-electron chi connectivity index (χ4n) is 3.97. The Morgan fingerprint density at radius 2 is 1.48 bits per heavy atom. The Hall–Kier alpha value is -3.85. The lowest BCUT2D eigenvalue weighted by Crippen LogP contribution is -2.59. The molecule has 17 heteroatoms. The molecule has 46 heavy (non-hydrogen) atoms. The molecule has 10 nitrogen and oxygen atoms in total. The van der Waals surface area contributed by atoms with Gasteiger partial charge in [0.15, 0.2) is 18.1 Å². The second-order valence-electron chi connectivity index (χ2n) is 10.2. The maximum atomic E-state index is 14.8. The van der Waals surface area contributed by atoms with Crippen molar-refractivity contribution in [2.45, 2.75) is 50.9 Å². The summed E-state index contributed by atoms with van der Waals surface area (Å²) >= 11 is 11.9. The van der Waals surface area contributed by atoms with Gasteiger partial charge in [-0.1, -0.05) is 43.1 Å². The van der Waals surface area contributed by atoms with E-state index in [9.17, 15) is 41.1 Å². The number of methoxy groups -OCH3 is 2. The molecule has 0 heterocycles. The fraction of sp³-hybridized carbons (Fsp3) is 0.448. The van der Waals surface area contributed by atoms with E-state index < -0.39 is 73.2 Å². The van der Waals surface area contributed by atoms with E-state index in [2.05, 4.69) is 10.6 Å². The van der Waals surface area contributed by atoms with E-state index in [1.165, 1.54) is 63.7 Å². The second kappa shape index (κ2) is 16.6. The van der Waals surface area contributed by atoms with Gasteiger partial charge < -0.3 is 30.2 Å². The predicted octanol–water partition coefficient (Wildman–Crippen LogP) is 4.53. The van der Waals surface area contributed by atoms with Crippen LogP contribution in [0, 0.1) is 5.92 Å². The largest absolute Gasteiger partial charge is 0.493 e. The summed E-state index contributed by atoms with van der Waals surface area (Å²) < 4.78 is 82.6. The Bertz CT molecular complexity index is 1390. The first kappa shape index (κ1) is 38.3. The van der Waals surface area contributed by atoms with Gasteiger partial charge in [0.1, 0.15) is 11.8 Å². The number of carbonyl (C=O) groups excluding carboxylic acids is 4. The normalized spacial score (nSPS) is 13.0. The summed E-state index contributed by atoms with van der Waals surface area (Å²) in [5, 5.41) is 6.41. The minimum atomic E-state index is -4.79. The van der Waals surface area contributed by atoms with Crippen molar-refractivity contribution in [1.29, 1.82) is 0 Å². The van der Waals surface area contributed by atoms with Crippen LogP contribution in [-0.2, 0) is 25.6 Å². The van der Waals surface area contributed by atoms with Crippen LogP contribution in [0.2, 0.25) is 10.0 Å². The summed E-state index contributed by atoms with van der Waals surface area (Å²) in [4.78, 5) is 51.1. The number of ketones is 1. The molecule has 2 aromatic rings. The molecule has 0 saturated carbocycles. The van der Waals surface area contributed by atoms with Gasteiger partial charge in [-0.3, -0.25) is 19.2 Å². The fourth-order valence-corrected chi connectivity index (χ4v) is 4.48. The molecule has 2 atom stereocenters. The monoisotopic (exact) mass is 699 g/mol. The minimum absolute atomic E-state index is 0.134. The topological polar surface area (TPSA) is 132 Å². The second-order valence-corrected chi connectivity index (χ2v) is 11.1. The molecular formula is C29H32Cl2F5N3O7. The molecule has 3 amide bonds. The highest BCUT2D eigenvalue weighted by molar-refractivity contribution is 6.34. The van der Waals surface area contributed by atoms with E-state index in [1.54, 1.807) is 6.07 Å². The van der Waals surface area contributed by atoms with Crippen LogP contribution < -0.4 is 30.2 Å². The molecule has 1 unspecified atom stereocenters. The highest BCUT2D eigenvalue weighted by atomic mass is 35.5. The van der Waals surface area contributed by atoms with E-state index in [0.29, 0.717) is 11.3 Å². The van der Waals surface area contributed by atoms with Gasteiger partial charge in [0.05, 0.1) is 26.7 Å². The van der Waals surface area contributed by atoms with E-state index in [1.807, 2.05) is 0 Å². The molecular weight excluding hydrogens is 668 g/mol. The van der Waals surface area contributed by atoms with Gasteiger partial charge in [0.25, 0.3) is 11.8 Å². The summed E-state index contributed by atoms with van der Waals surface area (Å²) in [5.74, 6) is -11.3. The molecule has 0 fully saturated rings. The van der Waals surface area contributed by atoms with Gasteiger partial charge in [-0.15, -0.1) is 0 Å². The van der Waals surface area contributed by atoms with Crippen LogP contribution in [0.4, 0.5) is 22.0 Å². The van der Waals surface area contributed by atoms with Crippen LogP contribution in [0.1, 0.15) is 25.8 Å². The van der Waals surface area contributed by atoms with E-state index in [-0.39, 0.29) is 28.0 Å². The number of nitrogens with one attached hydrogen (secondary N) is 3. The SMILES string of the molecule is COc1ccc(CC(NC(=O)COc2cc(Cl)cc(Cl)c2)C(=O)N[C@H](C(=O)C(F)(F)C(=O)NCCC(F)(F)F)C(C)C)cc1OC. The lowest BCUT2D eigenvalue weighted by atomic mass is 9.94. The summed E-state index contributed by atoms with van der Waals surface area (Å²) in [5.41, 5.74) is 0.419. The van der Waals surface area contributed by atoms with Gasteiger partial charge >= 0.3 is 12.1 Å². The molecule has 0 saturated heterocycles. The third kappa shape index (κ3) is 11.5. The number of rotatable bonds is 16. The van der Waals surface area contributed by atoms with Crippen LogP contribution in [-0.4, -0.2) is 75.1 Å². The van der Waals surface area contributed by atoms with Crippen LogP contribution in [0.25, 0.3) is 0 Å². The zero-order chi connectivity index (χ0) is 34.8. The number of ether oxygens (including phenoxy) is 3. The van der Waals surface area contributed by atoms with E-state index >= 15 is 0 Å². The number of amides is 3. The number of hydrogen-bond donors (Lipinski definition) is 3. The summed E-state index contributed by atoms with van der Waals surface area (Å²) in [6, 6.07) is 5.30. The van der Waals surface area contributed by atoms with Gasteiger partial charge in [0, 0.05) is 23.0 Å². The first-order chi connectivity index (χ1) is 21.4. The lowest BCUT2D eigenvalue weighted by Gasteiger charge is -2.27. The third-order valence-corrected chi connectivity index (χ3v) is 6.72. The van der Waals surface area contributed by atoms with Crippen molar-refractivity contribution in [3.05, 3.63) is 52.0 Å². The molecule has 2 rings (SSSR count). The molecule has 3 N–H and O–H groups in total. The number of Topliss-reactive ketones (excluding diaryl/α,β-unsaturated/α-hetero) is 1. The van der Waals surface area contributed by atoms with Gasteiger partial charge in [-0.2, -0.15) is 22.0 Å². The van der Waals surface area contributed by atoms with Crippen molar-refractivity contribution in [1.82, 2.24) is 16.0 Å². The first-order valence-electron chi connectivity index (χ1n) is 13.5. The van der Waals surface area contributed by atoms with E-state index in [4.69, 9.17) is 37.4 Å². The number of alkyl halides is 5. The van der Waals surface area contributed by atoms with Crippen molar-refractivity contribution >= 4 is 46.7 Å². The Kier molecular flexibility index (Phi) is 13.9. The number of carbonyl (C=O) groups is 4. The zero-order valence-corrected chi connectivity index (χ0v) is 26.5. The van der Waals surface area contributed by atoms with Gasteiger partial charge in [-0.05, 0) is 41.8 Å². The van der Waals surface area contributed by atoms with Crippen LogP contribution in [0.3, 0.4) is 0 Å². The zero-order valence-electron chi connectivity index (χ0n) is 25.0. The average Bonchev–Trinajstić information content (AvgIpc) is 2.96. The quantitative estimate of drug-likeness (QED) is 0.173. The van der Waals surface area contributed by atoms with Crippen molar-refractivity contribution in [2.75, 3.05) is 27.4 Å². The Morgan fingerprint density at radius 3 is 2.02 bits per heavy atom. The lowest BCUT2D eigenvalue weighted by molar-refractivity contribution is -0.162. The van der Waals surface area contributed by atoms with Crippen LogP contribution in [0.15, 0.2) is 36.4 Å². The summed E-state index contributed by atoms with van der Waals surface area (Å²) in [7, 11) is 2.77. The standard InChI is InChI=1S/C29H32Cl2F5N3O7/c1-15(2)24(25(41)29(35,36)27(43)37-8-7-28(32,33)34)39-26(42)20(9-16-5-6-21(44-3)22(10-16)45-4)38-23(40)14-46-19-12-17(30)11-18(31)13-19/h5-6,10-13,15,20,24H,7-9,14H2,1-4H3,(H,37,43)(H,38,40)(H,39,42)/t20?,24-/m0/s1. The van der Waals surface area contributed by atoms with Gasteiger partial charge in [0.2, 0.25) is 11.7 Å². The Labute approximate surface area is 271 Å². The maximum Gasteiger partial charge on any atom is 0.390 e. The third-order valence-electron chi connectivity index (χ3n) is 6.28. The minimum Gasteiger partial charge on any atom is -0.493 e. The van der Waals surface area contributed by atoms with Crippen LogP contribution in [0.5, 0.6) is 17.2 Å². The molecule has 0 spiro atoms. The predicted molar refractivity (Wildman–Crippen MR) is 158 cm³/mol. The molecule has 0 aliphatic carbocycles. The molecule has 0 aliphatic rings. The number of halogens is 7. The summed E-state index contributed by atoms with van der Waals surface area (Å²) in [6.45, 7) is 0.778. The molecule has 0 aliphatic heterocycles.